The van der Waals surface area contributed by atoms with Crippen LogP contribution in [0.1, 0.15) is 42.9 Å². The first-order valence-corrected chi connectivity index (χ1v) is 8.71. The molecular formula is C14H22ClN3S. The van der Waals surface area contributed by atoms with Crippen LogP contribution < -0.4 is 0 Å². The number of piperazine rings is 1. The van der Waals surface area contributed by atoms with E-state index < -0.39 is 0 Å². The van der Waals surface area contributed by atoms with E-state index in [1.807, 2.05) is 0 Å². The third-order valence-electron chi connectivity index (χ3n) is 4.44. The second-order valence-corrected chi connectivity index (χ2v) is 6.72. The number of hydrogen-bond acceptors (Lipinski definition) is 4. The van der Waals surface area contributed by atoms with Crippen molar-refractivity contribution in [2.24, 2.45) is 0 Å². The van der Waals surface area contributed by atoms with E-state index in [0.717, 1.165) is 18.2 Å². The molecule has 0 amide bonds. The Kier molecular flexibility index (Phi) is 4.42. The Labute approximate surface area is 124 Å². The molecule has 2 unspecified atom stereocenters. The smallest absolute Gasteiger partial charge is 0.110 e. The molecule has 2 atom stereocenters. The van der Waals surface area contributed by atoms with Crippen LogP contribution >= 0.6 is 22.9 Å². The first-order valence-electron chi connectivity index (χ1n) is 7.30. The number of nitrogens with zero attached hydrogens (tertiary/aromatic N) is 3. The van der Waals surface area contributed by atoms with E-state index in [9.17, 15) is 0 Å². The average Bonchev–Trinajstić information content (AvgIpc) is 3.07. The SMILES string of the molecule is CCC(c1nc(CCl)cs1)N1CCN2CCCC2C1. The Morgan fingerprint density at radius 2 is 2.37 bits per heavy atom. The Hall–Kier alpha value is -0.160. The van der Waals surface area contributed by atoms with Gasteiger partial charge in [-0.25, -0.2) is 4.98 Å². The zero-order chi connectivity index (χ0) is 13.2. The number of aromatic nitrogens is 1. The van der Waals surface area contributed by atoms with Crippen LogP contribution in [-0.2, 0) is 5.88 Å². The normalized spacial score (nSPS) is 26.5. The third-order valence-corrected chi connectivity index (χ3v) is 5.71. The summed E-state index contributed by atoms with van der Waals surface area (Å²) in [5.74, 6) is 0.531. The summed E-state index contributed by atoms with van der Waals surface area (Å²) in [4.78, 5) is 10.00. The molecular weight excluding hydrogens is 278 g/mol. The molecule has 0 aliphatic carbocycles. The fourth-order valence-corrected chi connectivity index (χ4v) is 4.69. The maximum atomic E-state index is 5.87. The maximum Gasteiger partial charge on any atom is 0.110 e. The van der Waals surface area contributed by atoms with Gasteiger partial charge in [-0.1, -0.05) is 6.92 Å². The van der Waals surface area contributed by atoms with Crippen molar-refractivity contribution in [2.45, 2.75) is 44.1 Å². The van der Waals surface area contributed by atoms with Crippen molar-refractivity contribution in [2.75, 3.05) is 26.2 Å². The molecule has 1 aromatic rings. The summed E-state index contributed by atoms with van der Waals surface area (Å²) >= 11 is 7.65. The van der Waals surface area contributed by atoms with Crippen LogP contribution in [0.25, 0.3) is 0 Å². The topological polar surface area (TPSA) is 19.4 Å². The highest BCUT2D eigenvalue weighted by molar-refractivity contribution is 7.09. The third kappa shape index (κ3) is 2.82. The quantitative estimate of drug-likeness (QED) is 0.796. The van der Waals surface area contributed by atoms with Gasteiger partial charge in [-0.15, -0.1) is 22.9 Å². The minimum absolute atomic E-state index is 0.490. The van der Waals surface area contributed by atoms with E-state index in [1.165, 1.54) is 44.0 Å². The van der Waals surface area contributed by atoms with Gasteiger partial charge in [0, 0.05) is 31.1 Å². The van der Waals surface area contributed by atoms with E-state index in [1.54, 1.807) is 11.3 Å². The van der Waals surface area contributed by atoms with Crippen molar-refractivity contribution >= 4 is 22.9 Å². The molecule has 2 saturated heterocycles. The summed E-state index contributed by atoms with van der Waals surface area (Å²) < 4.78 is 0. The molecule has 0 spiro atoms. The number of hydrogen-bond donors (Lipinski definition) is 0. The predicted octanol–water partition coefficient (Wildman–Crippen LogP) is 3.11. The largest absolute Gasteiger partial charge is 0.298 e. The Morgan fingerprint density at radius 1 is 1.47 bits per heavy atom. The summed E-state index contributed by atoms with van der Waals surface area (Å²) in [7, 11) is 0. The molecule has 2 aliphatic rings. The van der Waals surface area contributed by atoms with Crippen LogP contribution in [0.4, 0.5) is 0 Å². The van der Waals surface area contributed by atoms with Crippen molar-refractivity contribution in [3.63, 3.8) is 0 Å². The number of thiazole rings is 1. The van der Waals surface area contributed by atoms with E-state index in [-0.39, 0.29) is 0 Å². The molecule has 0 bridgehead atoms. The van der Waals surface area contributed by atoms with Gasteiger partial charge in [-0.2, -0.15) is 0 Å². The average molecular weight is 300 g/mol. The fraction of sp³-hybridized carbons (Fsp3) is 0.786. The number of rotatable bonds is 4. The summed E-state index contributed by atoms with van der Waals surface area (Å²) in [5, 5.41) is 3.36. The molecule has 19 heavy (non-hydrogen) atoms. The minimum atomic E-state index is 0.490. The van der Waals surface area contributed by atoms with Crippen molar-refractivity contribution in [1.29, 1.82) is 0 Å². The zero-order valence-corrected chi connectivity index (χ0v) is 13.1. The molecule has 3 nitrogen and oxygen atoms in total. The maximum absolute atomic E-state index is 5.87. The summed E-state index contributed by atoms with van der Waals surface area (Å²) in [6.45, 7) is 7.21. The molecule has 2 fully saturated rings. The second-order valence-electron chi connectivity index (χ2n) is 5.56. The minimum Gasteiger partial charge on any atom is -0.298 e. The molecule has 0 N–H and O–H groups in total. The molecule has 5 heteroatoms. The summed E-state index contributed by atoms with van der Waals surface area (Å²) in [6, 6.07) is 1.28. The lowest BCUT2D eigenvalue weighted by molar-refractivity contribution is 0.0694. The molecule has 3 rings (SSSR count). The molecule has 106 valence electrons. The van der Waals surface area contributed by atoms with E-state index >= 15 is 0 Å². The van der Waals surface area contributed by atoms with Crippen LogP contribution in [0, 0.1) is 0 Å². The number of halogens is 1. The number of fused-ring (bicyclic) bond motifs is 1. The first-order chi connectivity index (χ1) is 9.31. The Balaban J connectivity index is 1.71. The van der Waals surface area contributed by atoms with Crippen LogP contribution in [0.15, 0.2) is 5.38 Å². The monoisotopic (exact) mass is 299 g/mol. The highest BCUT2D eigenvalue weighted by atomic mass is 35.5. The van der Waals surface area contributed by atoms with Gasteiger partial charge in [-0.3, -0.25) is 9.80 Å². The molecule has 3 heterocycles. The zero-order valence-electron chi connectivity index (χ0n) is 11.5. The Morgan fingerprint density at radius 3 is 3.11 bits per heavy atom. The van der Waals surface area contributed by atoms with Gasteiger partial charge in [0.15, 0.2) is 0 Å². The van der Waals surface area contributed by atoms with E-state index in [2.05, 4.69) is 22.1 Å². The van der Waals surface area contributed by atoms with Gasteiger partial charge in [-0.05, 0) is 25.8 Å². The van der Waals surface area contributed by atoms with Gasteiger partial charge in [0.05, 0.1) is 17.6 Å². The van der Waals surface area contributed by atoms with Crippen LogP contribution in [0.3, 0.4) is 0 Å². The molecule has 0 aromatic carbocycles. The standard InChI is InChI=1S/C14H22ClN3S/c1-2-13(14-16-11(8-15)10-19-14)18-7-6-17-5-3-4-12(17)9-18/h10,12-13H,2-9H2,1H3. The summed E-state index contributed by atoms with van der Waals surface area (Å²) in [5.41, 5.74) is 1.03. The lowest BCUT2D eigenvalue weighted by atomic mass is 10.1. The highest BCUT2D eigenvalue weighted by Crippen LogP contribution is 2.31. The molecule has 2 aliphatic heterocycles. The fourth-order valence-electron chi connectivity index (χ4n) is 3.42. The van der Waals surface area contributed by atoms with Gasteiger partial charge in [0.25, 0.3) is 0 Å². The van der Waals surface area contributed by atoms with Crippen LogP contribution in [-0.4, -0.2) is 47.0 Å². The van der Waals surface area contributed by atoms with Crippen molar-refractivity contribution in [3.05, 3.63) is 16.1 Å². The molecule has 0 radical (unpaired) electrons. The molecule has 0 saturated carbocycles. The molecule has 1 aromatic heterocycles. The lowest BCUT2D eigenvalue weighted by Crippen LogP contribution is -2.50. The van der Waals surface area contributed by atoms with E-state index in [0.29, 0.717) is 11.9 Å². The van der Waals surface area contributed by atoms with Gasteiger partial charge >= 0.3 is 0 Å². The van der Waals surface area contributed by atoms with Crippen molar-refractivity contribution in [3.8, 4) is 0 Å². The van der Waals surface area contributed by atoms with Gasteiger partial charge in [0.1, 0.15) is 5.01 Å². The van der Waals surface area contributed by atoms with Crippen LogP contribution in [0.2, 0.25) is 0 Å². The summed E-state index contributed by atoms with van der Waals surface area (Å²) in [6.07, 6.45) is 3.89. The van der Waals surface area contributed by atoms with Crippen molar-refractivity contribution in [1.82, 2.24) is 14.8 Å². The number of alkyl halides is 1. The lowest BCUT2D eigenvalue weighted by Gasteiger charge is -2.40. The highest BCUT2D eigenvalue weighted by Gasteiger charge is 2.34. The van der Waals surface area contributed by atoms with Crippen LogP contribution in [0.5, 0.6) is 0 Å². The first kappa shape index (κ1) is 13.8. The van der Waals surface area contributed by atoms with Gasteiger partial charge < -0.3 is 0 Å². The van der Waals surface area contributed by atoms with Gasteiger partial charge in [0.2, 0.25) is 0 Å². The Bertz CT molecular complexity index is 423. The van der Waals surface area contributed by atoms with E-state index in [4.69, 9.17) is 16.6 Å². The predicted molar refractivity (Wildman–Crippen MR) is 80.9 cm³/mol. The second kappa shape index (κ2) is 6.08. The van der Waals surface area contributed by atoms with Crippen molar-refractivity contribution < 1.29 is 0 Å².